The summed E-state index contributed by atoms with van der Waals surface area (Å²) in [6.07, 6.45) is 6.64. The largest absolute Gasteiger partial charge is 0.299 e. The zero-order valence-corrected chi connectivity index (χ0v) is 16.3. The van der Waals surface area contributed by atoms with Crippen LogP contribution >= 0.6 is 11.6 Å². The van der Waals surface area contributed by atoms with Gasteiger partial charge in [-0.15, -0.1) is 0 Å². The van der Waals surface area contributed by atoms with Crippen LogP contribution in [0.1, 0.15) is 29.7 Å². The number of hydrogen-bond acceptors (Lipinski definition) is 2. The molecule has 2 aromatic carbocycles. The van der Waals surface area contributed by atoms with Gasteiger partial charge in [-0.25, -0.2) is 0 Å². The number of aromatic nitrogens is 1. The summed E-state index contributed by atoms with van der Waals surface area (Å²) < 4.78 is 0. The number of pyridine rings is 1. The van der Waals surface area contributed by atoms with Gasteiger partial charge in [-0.05, 0) is 73.7 Å². The van der Waals surface area contributed by atoms with Gasteiger partial charge in [0.05, 0.1) is 0 Å². The van der Waals surface area contributed by atoms with E-state index >= 15 is 0 Å². The summed E-state index contributed by atoms with van der Waals surface area (Å²) >= 11 is 5.96. The highest BCUT2D eigenvalue weighted by Crippen LogP contribution is 2.21. The lowest BCUT2D eigenvalue weighted by atomic mass is 10.0. The highest BCUT2D eigenvalue weighted by atomic mass is 35.5. The first-order valence-electron chi connectivity index (χ1n) is 9.77. The Morgan fingerprint density at radius 1 is 0.741 bits per heavy atom. The number of hydrogen-bond donors (Lipinski definition) is 0. The van der Waals surface area contributed by atoms with Gasteiger partial charge in [0.1, 0.15) is 0 Å². The van der Waals surface area contributed by atoms with Crippen molar-refractivity contribution in [3.63, 3.8) is 0 Å². The van der Waals surface area contributed by atoms with Gasteiger partial charge in [0.15, 0.2) is 0 Å². The summed E-state index contributed by atoms with van der Waals surface area (Å²) in [6.45, 7) is 3.59. The van der Waals surface area contributed by atoms with E-state index in [1.807, 2.05) is 30.5 Å². The molecule has 1 fully saturated rings. The predicted octanol–water partition coefficient (Wildman–Crippen LogP) is 5.78. The summed E-state index contributed by atoms with van der Waals surface area (Å²) in [6, 6.07) is 21.3. The van der Waals surface area contributed by atoms with Crippen LogP contribution < -0.4 is 0 Å². The highest BCUT2D eigenvalue weighted by molar-refractivity contribution is 6.30. The van der Waals surface area contributed by atoms with Crippen molar-refractivity contribution in [2.45, 2.75) is 32.2 Å². The minimum absolute atomic E-state index is 0.759. The van der Waals surface area contributed by atoms with Crippen LogP contribution in [0.3, 0.4) is 0 Å². The smallest absolute Gasteiger partial charge is 0.0407 e. The van der Waals surface area contributed by atoms with Crippen molar-refractivity contribution in [1.82, 2.24) is 9.88 Å². The summed E-state index contributed by atoms with van der Waals surface area (Å²) in [5.74, 6) is 0. The van der Waals surface area contributed by atoms with E-state index in [4.69, 9.17) is 11.6 Å². The second kappa shape index (κ2) is 8.69. The zero-order valence-electron chi connectivity index (χ0n) is 15.6. The first-order valence-corrected chi connectivity index (χ1v) is 10.2. The molecule has 0 N–H and O–H groups in total. The molecular formula is C24H25ClN2. The number of nitrogens with zero attached hydrogens (tertiary/aromatic N) is 2. The van der Waals surface area contributed by atoms with Crippen molar-refractivity contribution in [3.8, 4) is 11.1 Å². The third kappa shape index (κ3) is 4.97. The fourth-order valence-electron chi connectivity index (χ4n) is 3.67. The van der Waals surface area contributed by atoms with Gasteiger partial charge >= 0.3 is 0 Å². The standard InChI is InChI=1S/C24H25ClN2/c25-23-11-8-21(9-12-23)22-10-14-24(26-17-22)13-7-19-3-5-20(6-4-19)18-27-15-1-2-16-27/h3-6,8-12,14,17H,1-2,7,13,15-16,18H2. The van der Waals surface area contributed by atoms with E-state index in [1.54, 1.807) is 0 Å². The van der Waals surface area contributed by atoms with Gasteiger partial charge < -0.3 is 0 Å². The molecule has 4 rings (SSSR count). The van der Waals surface area contributed by atoms with Crippen molar-refractivity contribution in [2.75, 3.05) is 13.1 Å². The van der Waals surface area contributed by atoms with Crippen molar-refractivity contribution in [1.29, 1.82) is 0 Å². The molecule has 3 heteroatoms. The van der Waals surface area contributed by atoms with Crippen LogP contribution in [-0.2, 0) is 19.4 Å². The molecule has 1 aliphatic heterocycles. The summed E-state index contributed by atoms with van der Waals surface area (Å²) in [7, 11) is 0. The molecule has 1 aromatic heterocycles. The van der Waals surface area contributed by atoms with E-state index in [0.29, 0.717) is 0 Å². The number of halogens is 1. The van der Waals surface area contributed by atoms with Gasteiger partial charge in [-0.1, -0.05) is 54.1 Å². The Kier molecular flexibility index (Phi) is 5.86. The maximum atomic E-state index is 5.96. The number of likely N-dealkylation sites (tertiary alicyclic amines) is 1. The lowest BCUT2D eigenvalue weighted by Gasteiger charge is -2.14. The van der Waals surface area contributed by atoms with Crippen LogP contribution in [0, 0.1) is 0 Å². The second-order valence-corrected chi connectivity index (χ2v) is 7.78. The van der Waals surface area contributed by atoms with E-state index in [9.17, 15) is 0 Å². The van der Waals surface area contributed by atoms with Crippen LogP contribution in [0.4, 0.5) is 0 Å². The lowest BCUT2D eigenvalue weighted by Crippen LogP contribution is -2.18. The molecule has 0 bridgehead atoms. The molecule has 0 saturated carbocycles. The van der Waals surface area contributed by atoms with Crippen molar-refractivity contribution in [2.24, 2.45) is 0 Å². The van der Waals surface area contributed by atoms with E-state index in [-0.39, 0.29) is 0 Å². The molecule has 0 unspecified atom stereocenters. The fourth-order valence-corrected chi connectivity index (χ4v) is 3.79. The molecule has 3 aromatic rings. The van der Waals surface area contributed by atoms with Crippen LogP contribution in [0.15, 0.2) is 66.9 Å². The molecule has 1 saturated heterocycles. The molecule has 1 aliphatic rings. The van der Waals surface area contributed by atoms with E-state index in [0.717, 1.165) is 41.2 Å². The topological polar surface area (TPSA) is 16.1 Å². The molecule has 138 valence electrons. The van der Waals surface area contributed by atoms with Gasteiger partial charge in [0.2, 0.25) is 0 Å². The number of benzene rings is 2. The Morgan fingerprint density at radius 3 is 2.07 bits per heavy atom. The summed E-state index contributed by atoms with van der Waals surface area (Å²) in [5.41, 5.74) is 6.21. The van der Waals surface area contributed by atoms with Crippen LogP contribution in [0.5, 0.6) is 0 Å². The van der Waals surface area contributed by atoms with E-state index in [1.165, 1.54) is 37.1 Å². The molecule has 2 heterocycles. The quantitative estimate of drug-likeness (QED) is 0.541. The number of aryl methyl sites for hydroxylation is 2. The van der Waals surface area contributed by atoms with Gasteiger partial charge in [-0.3, -0.25) is 9.88 Å². The van der Waals surface area contributed by atoms with Gasteiger partial charge in [-0.2, -0.15) is 0 Å². The summed E-state index contributed by atoms with van der Waals surface area (Å²) in [4.78, 5) is 7.18. The maximum Gasteiger partial charge on any atom is 0.0407 e. The molecule has 0 atom stereocenters. The molecule has 0 amide bonds. The van der Waals surface area contributed by atoms with Crippen molar-refractivity contribution >= 4 is 11.6 Å². The Labute approximate surface area is 166 Å². The highest BCUT2D eigenvalue weighted by Gasteiger charge is 2.11. The average Bonchev–Trinajstić information content (AvgIpc) is 3.22. The monoisotopic (exact) mass is 376 g/mol. The van der Waals surface area contributed by atoms with Crippen LogP contribution in [0.2, 0.25) is 5.02 Å². The number of rotatable bonds is 6. The Balaban J connectivity index is 1.32. The average molecular weight is 377 g/mol. The molecule has 0 aliphatic carbocycles. The Hall–Kier alpha value is -2.16. The fraction of sp³-hybridized carbons (Fsp3) is 0.292. The minimum Gasteiger partial charge on any atom is -0.299 e. The van der Waals surface area contributed by atoms with Gasteiger partial charge in [0, 0.05) is 29.0 Å². The second-order valence-electron chi connectivity index (χ2n) is 7.34. The van der Waals surface area contributed by atoms with Crippen molar-refractivity contribution in [3.05, 3.63) is 88.7 Å². The van der Waals surface area contributed by atoms with E-state index in [2.05, 4.69) is 46.3 Å². The first-order chi connectivity index (χ1) is 13.3. The zero-order chi connectivity index (χ0) is 18.5. The normalized spacial score (nSPS) is 14.6. The molecule has 2 nitrogen and oxygen atoms in total. The summed E-state index contributed by atoms with van der Waals surface area (Å²) in [5, 5.41) is 0.759. The SMILES string of the molecule is Clc1ccc(-c2ccc(CCc3ccc(CN4CCCC4)cc3)nc2)cc1. The molecular weight excluding hydrogens is 352 g/mol. The molecule has 0 radical (unpaired) electrons. The third-order valence-electron chi connectivity index (χ3n) is 5.30. The predicted molar refractivity (Wildman–Crippen MR) is 113 cm³/mol. The molecule has 27 heavy (non-hydrogen) atoms. The Morgan fingerprint density at radius 2 is 1.41 bits per heavy atom. The first kappa shape index (κ1) is 18.2. The molecule has 0 spiro atoms. The maximum absolute atomic E-state index is 5.96. The third-order valence-corrected chi connectivity index (χ3v) is 5.55. The van der Waals surface area contributed by atoms with E-state index < -0.39 is 0 Å². The van der Waals surface area contributed by atoms with Crippen molar-refractivity contribution < 1.29 is 0 Å². The van der Waals surface area contributed by atoms with Gasteiger partial charge in [0.25, 0.3) is 0 Å². The Bertz CT molecular complexity index is 848. The minimum atomic E-state index is 0.759. The van der Waals surface area contributed by atoms with Crippen LogP contribution in [-0.4, -0.2) is 23.0 Å². The van der Waals surface area contributed by atoms with Crippen LogP contribution in [0.25, 0.3) is 11.1 Å². The lowest BCUT2D eigenvalue weighted by molar-refractivity contribution is 0.331.